The summed E-state index contributed by atoms with van der Waals surface area (Å²) in [5.41, 5.74) is 3.37. The maximum atomic E-state index is 12.8. The Morgan fingerprint density at radius 1 is 1.06 bits per heavy atom. The standard InChI is InChI=1S/C26H31N5O4/c32-23(27-14-6-1-7-15-28-26-29-20-9-3-4-10-21(20)30-26)17-31-22-11-5-2-8-19(22)18(16-25(34)35)12-13-24(31)33/h2-5,8-11,18H,1,6-7,12-17H2,(H,27,32)(H,34,35)(H2,28,29,30). The molecule has 3 aromatic rings. The highest BCUT2D eigenvalue weighted by Gasteiger charge is 2.30. The second kappa shape index (κ2) is 11.5. The first-order valence-corrected chi connectivity index (χ1v) is 12.1. The van der Waals surface area contributed by atoms with Gasteiger partial charge in [-0.1, -0.05) is 30.3 Å². The molecule has 2 amide bonds. The van der Waals surface area contributed by atoms with Crippen molar-refractivity contribution in [2.45, 2.75) is 44.4 Å². The number of carbonyl (C=O) groups is 3. The lowest BCUT2D eigenvalue weighted by atomic mass is 9.91. The van der Waals surface area contributed by atoms with Crippen molar-refractivity contribution in [3.05, 3.63) is 54.1 Å². The molecule has 2 heterocycles. The average molecular weight is 478 g/mol. The number of nitrogens with one attached hydrogen (secondary N) is 3. The van der Waals surface area contributed by atoms with Gasteiger partial charge in [0.25, 0.3) is 0 Å². The van der Waals surface area contributed by atoms with E-state index in [0.29, 0.717) is 18.7 Å². The number of rotatable bonds is 11. The zero-order valence-electron chi connectivity index (χ0n) is 19.6. The Balaban J connectivity index is 1.20. The second-order valence-corrected chi connectivity index (χ2v) is 8.81. The van der Waals surface area contributed by atoms with Gasteiger partial charge in [-0.05, 0) is 55.4 Å². The van der Waals surface area contributed by atoms with Gasteiger partial charge < -0.3 is 25.6 Å². The van der Waals surface area contributed by atoms with Crippen molar-refractivity contribution in [3.63, 3.8) is 0 Å². The number of anilines is 2. The van der Waals surface area contributed by atoms with E-state index in [2.05, 4.69) is 20.6 Å². The molecule has 1 aliphatic rings. The largest absolute Gasteiger partial charge is 0.481 e. The van der Waals surface area contributed by atoms with E-state index in [1.807, 2.05) is 36.4 Å². The maximum absolute atomic E-state index is 12.8. The van der Waals surface area contributed by atoms with E-state index in [0.717, 1.165) is 48.4 Å². The molecule has 4 rings (SSSR count). The number of H-pyrrole nitrogens is 1. The second-order valence-electron chi connectivity index (χ2n) is 8.81. The molecule has 0 saturated heterocycles. The number of carboxylic acids is 1. The topological polar surface area (TPSA) is 127 Å². The summed E-state index contributed by atoms with van der Waals surface area (Å²) in [7, 11) is 0. The third kappa shape index (κ3) is 6.38. The molecule has 1 aliphatic heterocycles. The zero-order chi connectivity index (χ0) is 24.6. The minimum atomic E-state index is -0.892. The number of aliphatic carboxylic acids is 1. The lowest BCUT2D eigenvalue weighted by Gasteiger charge is -2.23. The fourth-order valence-corrected chi connectivity index (χ4v) is 4.49. The van der Waals surface area contributed by atoms with Crippen LogP contribution >= 0.6 is 0 Å². The number of hydrogen-bond donors (Lipinski definition) is 4. The van der Waals surface area contributed by atoms with Crippen LogP contribution in [0.5, 0.6) is 0 Å². The van der Waals surface area contributed by atoms with Gasteiger partial charge in [0.05, 0.1) is 17.5 Å². The first-order chi connectivity index (χ1) is 17.0. The molecule has 35 heavy (non-hydrogen) atoms. The number of para-hydroxylation sites is 3. The minimum absolute atomic E-state index is 0.0322. The van der Waals surface area contributed by atoms with Crippen LogP contribution in [0.3, 0.4) is 0 Å². The number of amides is 2. The third-order valence-electron chi connectivity index (χ3n) is 6.26. The summed E-state index contributed by atoms with van der Waals surface area (Å²) in [4.78, 5) is 45.8. The van der Waals surface area contributed by atoms with Crippen LogP contribution in [0.2, 0.25) is 0 Å². The molecule has 0 radical (unpaired) electrons. The van der Waals surface area contributed by atoms with Gasteiger partial charge in [-0.15, -0.1) is 0 Å². The van der Waals surface area contributed by atoms with Gasteiger partial charge in [-0.25, -0.2) is 4.98 Å². The molecule has 184 valence electrons. The van der Waals surface area contributed by atoms with Crippen molar-refractivity contribution in [3.8, 4) is 0 Å². The van der Waals surface area contributed by atoms with Crippen LogP contribution in [0.25, 0.3) is 11.0 Å². The third-order valence-corrected chi connectivity index (χ3v) is 6.26. The minimum Gasteiger partial charge on any atom is -0.481 e. The summed E-state index contributed by atoms with van der Waals surface area (Å²) in [5, 5.41) is 15.4. The molecule has 0 aliphatic carbocycles. The Kier molecular flexibility index (Phi) is 7.97. The smallest absolute Gasteiger partial charge is 0.303 e. The fourth-order valence-electron chi connectivity index (χ4n) is 4.49. The highest BCUT2D eigenvalue weighted by molar-refractivity contribution is 6.00. The maximum Gasteiger partial charge on any atom is 0.303 e. The van der Waals surface area contributed by atoms with E-state index < -0.39 is 5.97 Å². The SMILES string of the molecule is O=C(O)CC1CCC(=O)N(CC(=O)NCCCCCNc2nc3ccccc3[nH]2)c2ccccc21. The van der Waals surface area contributed by atoms with E-state index in [9.17, 15) is 19.5 Å². The Bertz CT molecular complexity index is 1160. The van der Waals surface area contributed by atoms with Gasteiger partial charge in [0.15, 0.2) is 0 Å². The zero-order valence-corrected chi connectivity index (χ0v) is 19.6. The van der Waals surface area contributed by atoms with Crippen LogP contribution in [0.15, 0.2) is 48.5 Å². The summed E-state index contributed by atoms with van der Waals surface area (Å²) in [5.74, 6) is -0.750. The monoisotopic (exact) mass is 477 g/mol. The molecule has 0 fully saturated rings. The summed E-state index contributed by atoms with van der Waals surface area (Å²) >= 11 is 0. The van der Waals surface area contributed by atoms with E-state index in [-0.39, 0.29) is 37.1 Å². The number of imidazole rings is 1. The molecule has 0 saturated carbocycles. The lowest BCUT2D eigenvalue weighted by Crippen LogP contribution is -2.41. The fraction of sp³-hybridized carbons (Fsp3) is 0.385. The quantitative estimate of drug-likeness (QED) is 0.312. The summed E-state index contributed by atoms with van der Waals surface area (Å²) < 4.78 is 0. The molecular weight excluding hydrogens is 446 g/mol. The van der Waals surface area contributed by atoms with E-state index in [1.165, 1.54) is 4.90 Å². The van der Waals surface area contributed by atoms with Gasteiger partial charge >= 0.3 is 5.97 Å². The van der Waals surface area contributed by atoms with Gasteiger partial charge in [0.1, 0.15) is 6.54 Å². The summed E-state index contributed by atoms with van der Waals surface area (Å²) in [6, 6.07) is 15.2. The van der Waals surface area contributed by atoms with Crippen molar-refractivity contribution in [2.24, 2.45) is 0 Å². The van der Waals surface area contributed by atoms with Crippen LogP contribution in [-0.2, 0) is 14.4 Å². The van der Waals surface area contributed by atoms with Gasteiger partial charge in [-0.3, -0.25) is 14.4 Å². The van der Waals surface area contributed by atoms with Gasteiger partial charge in [0.2, 0.25) is 17.8 Å². The first-order valence-electron chi connectivity index (χ1n) is 12.1. The van der Waals surface area contributed by atoms with Crippen molar-refractivity contribution in [1.29, 1.82) is 0 Å². The molecule has 0 spiro atoms. The van der Waals surface area contributed by atoms with Gasteiger partial charge in [-0.2, -0.15) is 0 Å². The molecule has 9 heteroatoms. The van der Waals surface area contributed by atoms with Crippen molar-refractivity contribution in [1.82, 2.24) is 15.3 Å². The number of nitrogens with zero attached hydrogens (tertiary/aromatic N) is 2. The van der Waals surface area contributed by atoms with Gasteiger partial charge in [0, 0.05) is 25.2 Å². The van der Waals surface area contributed by atoms with Crippen LogP contribution in [-0.4, -0.2) is 52.5 Å². The molecule has 1 unspecified atom stereocenters. The highest BCUT2D eigenvalue weighted by Crippen LogP contribution is 2.36. The number of hydrogen-bond acceptors (Lipinski definition) is 5. The lowest BCUT2D eigenvalue weighted by molar-refractivity contribution is -0.137. The molecule has 2 aromatic carbocycles. The Morgan fingerprint density at radius 2 is 1.83 bits per heavy atom. The Hall–Kier alpha value is -3.88. The number of aromatic nitrogens is 2. The summed E-state index contributed by atoms with van der Waals surface area (Å²) in [6.45, 7) is 1.25. The van der Waals surface area contributed by atoms with E-state index in [4.69, 9.17) is 0 Å². The number of carbonyl (C=O) groups excluding carboxylic acids is 2. The number of unbranched alkanes of at least 4 members (excludes halogenated alkanes) is 2. The predicted octanol–water partition coefficient (Wildman–Crippen LogP) is 3.65. The van der Waals surface area contributed by atoms with Crippen LogP contribution in [0.1, 0.15) is 50.0 Å². The first kappa shape index (κ1) is 24.3. The molecular formula is C26H31N5O4. The predicted molar refractivity (Wildman–Crippen MR) is 134 cm³/mol. The normalized spacial score (nSPS) is 15.5. The van der Waals surface area contributed by atoms with Crippen molar-refractivity contribution < 1.29 is 19.5 Å². The molecule has 1 atom stereocenters. The number of carboxylic acid groups (broad SMARTS) is 1. The van der Waals surface area contributed by atoms with Crippen molar-refractivity contribution in [2.75, 3.05) is 29.9 Å². The Morgan fingerprint density at radius 3 is 2.66 bits per heavy atom. The molecule has 4 N–H and O–H groups in total. The average Bonchev–Trinajstić information content (AvgIpc) is 3.22. The molecule has 9 nitrogen and oxygen atoms in total. The number of aromatic amines is 1. The summed E-state index contributed by atoms with van der Waals surface area (Å²) in [6.07, 6.45) is 3.36. The molecule has 0 bridgehead atoms. The number of benzene rings is 2. The number of fused-ring (bicyclic) bond motifs is 2. The van der Waals surface area contributed by atoms with Crippen molar-refractivity contribution >= 4 is 40.5 Å². The van der Waals surface area contributed by atoms with Crippen LogP contribution in [0.4, 0.5) is 11.6 Å². The van der Waals surface area contributed by atoms with E-state index in [1.54, 1.807) is 12.1 Å². The van der Waals surface area contributed by atoms with Crippen LogP contribution in [0, 0.1) is 0 Å². The Labute approximate surface area is 203 Å². The molecule has 1 aromatic heterocycles. The van der Waals surface area contributed by atoms with Crippen LogP contribution < -0.4 is 15.5 Å². The van der Waals surface area contributed by atoms with E-state index >= 15 is 0 Å². The highest BCUT2D eigenvalue weighted by atomic mass is 16.4.